The van der Waals surface area contributed by atoms with Crippen molar-refractivity contribution < 1.29 is 34.0 Å². The lowest BCUT2D eigenvalue weighted by molar-refractivity contribution is -0.140. The predicted octanol–water partition coefficient (Wildman–Crippen LogP) is 2.69. The zero-order valence-corrected chi connectivity index (χ0v) is 18.4. The summed E-state index contributed by atoms with van der Waals surface area (Å²) in [7, 11) is 1.54. The van der Waals surface area contributed by atoms with Gasteiger partial charge in [-0.25, -0.2) is 0 Å². The summed E-state index contributed by atoms with van der Waals surface area (Å²) >= 11 is 0. The highest BCUT2D eigenvalue weighted by Gasteiger charge is 2.45. The molecule has 2 N–H and O–H groups in total. The Hall–Kier alpha value is -3.62. The largest absolute Gasteiger partial charge is 0.507 e. The van der Waals surface area contributed by atoms with Crippen LogP contribution >= 0.6 is 0 Å². The molecule has 0 aliphatic carbocycles. The number of aliphatic hydroxyl groups is 2. The molecule has 0 saturated carbocycles. The third-order valence-electron chi connectivity index (χ3n) is 5.18. The number of hydrogen-bond donors (Lipinski definition) is 2. The van der Waals surface area contributed by atoms with Gasteiger partial charge in [-0.1, -0.05) is 24.8 Å². The van der Waals surface area contributed by atoms with E-state index in [1.54, 1.807) is 61.7 Å². The Bertz CT molecular complexity index is 1010. The highest BCUT2D eigenvalue weighted by Crippen LogP contribution is 2.39. The molecule has 1 aliphatic heterocycles. The van der Waals surface area contributed by atoms with E-state index in [-0.39, 0.29) is 37.7 Å². The quantitative estimate of drug-likeness (QED) is 0.177. The smallest absolute Gasteiger partial charge is 0.295 e. The van der Waals surface area contributed by atoms with Gasteiger partial charge in [0.2, 0.25) is 0 Å². The molecule has 1 atom stereocenters. The molecule has 33 heavy (non-hydrogen) atoms. The molecule has 0 bridgehead atoms. The molecule has 3 rings (SSSR count). The van der Waals surface area contributed by atoms with Crippen molar-refractivity contribution in [3.8, 4) is 11.5 Å². The molecule has 8 nitrogen and oxygen atoms in total. The Morgan fingerprint density at radius 3 is 2.33 bits per heavy atom. The van der Waals surface area contributed by atoms with E-state index in [9.17, 15) is 14.7 Å². The molecule has 8 heteroatoms. The number of benzene rings is 2. The third-order valence-corrected chi connectivity index (χ3v) is 5.18. The van der Waals surface area contributed by atoms with Gasteiger partial charge in [-0.2, -0.15) is 0 Å². The number of carbonyl (C=O) groups excluding carboxylic acids is 2. The molecule has 1 unspecified atom stereocenters. The average molecular weight is 453 g/mol. The Morgan fingerprint density at radius 1 is 1.06 bits per heavy atom. The summed E-state index contributed by atoms with van der Waals surface area (Å²) in [6.07, 6.45) is 1.62. The predicted molar refractivity (Wildman–Crippen MR) is 122 cm³/mol. The monoisotopic (exact) mass is 453 g/mol. The molecule has 1 aliphatic rings. The second-order valence-corrected chi connectivity index (χ2v) is 7.23. The van der Waals surface area contributed by atoms with Crippen LogP contribution in [0, 0.1) is 0 Å². The van der Waals surface area contributed by atoms with E-state index in [4.69, 9.17) is 19.3 Å². The van der Waals surface area contributed by atoms with E-state index < -0.39 is 17.7 Å². The number of hydrogen-bond acceptors (Lipinski definition) is 7. The van der Waals surface area contributed by atoms with Crippen molar-refractivity contribution in [3.63, 3.8) is 0 Å². The molecular formula is C25H27NO7. The van der Waals surface area contributed by atoms with E-state index in [0.717, 1.165) is 0 Å². The number of ether oxygens (including phenoxy) is 3. The summed E-state index contributed by atoms with van der Waals surface area (Å²) in [4.78, 5) is 27.2. The van der Waals surface area contributed by atoms with Gasteiger partial charge in [-0.15, -0.1) is 0 Å². The van der Waals surface area contributed by atoms with E-state index >= 15 is 0 Å². The molecule has 174 valence electrons. The summed E-state index contributed by atoms with van der Waals surface area (Å²) in [5, 5.41) is 20.0. The minimum Gasteiger partial charge on any atom is -0.507 e. The topological polar surface area (TPSA) is 106 Å². The van der Waals surface area contributed by atoms with Gasteiger partial charge in [0.15, 0.2) is 0 Å². The Balaban J connectivity index is 2.00. The lowest BCUT2D eigenvalue weighted by Gasteiger charge is -2.25. The summed E-state index contributed by atoms with van der Waals surface area (Å²) in [6.45, 7) is 4.17. The van der Waals surface area contributed by atoms with E-state index in [1.807, 2.05) is 0 Å². The molecule has 0 spiro atoms. The van der Waals surface area contributed by atoms with Crippen LogP contribution in [0.1, 0.15) is 17.2 Å². The Morgan fingerprint density at radius 2 is 1.73 bits per heavy atom. The van der Waals surface area contributed by atoms with Crippen LogP contribution in [0.3, 0.4) is 0 Å². The number of ketones is 1. The van der Waals surface area contributed by atoms with Gasteiger partial charge in [0.1, 0.15) is 23.9 Å². The molecule has 1 saturated heterocycles. The van der Waals surface area contributed by atoms with Gasteiger partial charge in [0.05, 0.1) is 38.5 Å². The highest BCUT2D eigenvalue weighted by molar-refractivity contribution is 6.46. The number of Topliss-reactive ketones (excluding diaryl/α,β-unsaturated/α-hetero) is 1. The number of likely N-dealkylation sites (tertiary alicyclic amines) is 1. The van der Waals surface area contributed by atoms with Crippen molar-refractivity contribution in [2.24, 2.45) is 0 Å². The fourth-order valence-electron chi connectivity index (χ4n) is 3.59. The van der Waals surface area contributed by atoms with Crippen LogP contribution in [0.5, 0.6) is 11.5 Å². The van der Waals surface area contributed by atoms with Crippen LogP contribution in [0.2, 0.25) is 0 Å². The first-order chi connectivity index (χ1) is 16.0. The van der Waals surface area contributed by atoms with E-state index in [1.165, 1.54) is 4.90 Å². The van der Waals surface area contributed by atoms with Crippen LogP contribution in [-0.4, -0.2) is 66.9 Å². The lowest BCUT2D eigenvalue weighted by atomic mass is 9.95. The van der Waals surface area contributed by atoms with Gasteiger partial charge in [-0.05, 0) is 42.0 Å². The Labute approximate surface area is 192 Å². The van der Waals surface area contributed by atoms with Gasteiger partial charge in [0, 0.05) is 12.1 Å². The number of methoxy groups -OCH3 is 1. The minimum atomic E-state index is -0.801. The van der Waals surface area contributed by atoms with Crippen molar-refractivity contribution in [2.45, 2.75) is 6.04 Å². The van der Waals surface area contributed by atoms with Crippen molar-refractivity contribution >= 4 is 17.4 Å². The van der Waals surface area contributed by atoms with Crippen molar-refractivity contribution in [1.82, 2.24) is 4.90 Å². The summed E-state index contributed by atoms with van der Waals surface area (Å²) in [5.74, 6) is -0.571. The SMILES string of the molecule is C=CCOc1ccc(/C(O)=C2\C(=O)C(=O)N(CCOCCO)C2c2ccc(OC)cc2)cc1. The van der Waals surface area contributed by atoms with Crippen LogP contribution in [0.4, 0.5) is 0 Å². The van der Waals surface area contributed by atoms with Crippen LogP contribution in [0.15, 0.2) is 66.8 Å². The molecule has 1 amide bonds. The summed E-state index contributed by atoms with van der Waals surface area (Å²) < 4.78 is 16.0. The second-order valence-electron chi connectivity index (χ2n) is 7.23. The molecule has 0 radical (unpaired) electrons. The fraction of sp³-hybridized carbons (Fsp3) is 0.280. The second kappa shape index (κ2) is 11.3. The number of amides is 1. The number of nitrogens with zero attached hydrogens (tertiary/aromatic N) is 1. The van der Waals surface area contributed by atoms with Gasteiger partial charge >= 0.3 is 0 Å². The first-order valence-electron chi connectivity index (χ1n) is 10.5. The van der Waals surface area contributed by atoms with Gasteiger partial charge in [-0.3, -0.25) is 9.59 Å². The Kier molecular flexibility index (Phi) is 8.23. The standard InChI is InChI=1S/C25H27NO7/c1-3-14-33-20-10-6-18(7-11-20)23(28)21-22(17-4-8-19(31-2)9-5-17)26(25(30)24(21)29)12-15-32-16-13-27/h3-11,22,27-28H,1,12-16H2,2H3/b23-21+. The maximum Gasteiger partial charge on any atom is 0.295 e. The molecule has 2 aromatic carbocycles. The normalized spacial score (nSPS) is 17.3. The van der Waals surface area contributed by atoms with E-state index in [2.05, 4.69) is 6.58 Å². The first-order valence-corrected chi connectivity index (χ1v) is 10.5. The molecule has 2 aromatic rings. The maximum absolute atomic E-state index is 13.0. The van der Waals surface area contributed by atoms with Gasteiger partial charge < -0.3 is 29.3 Å². The zero-order chi connectivity index (χ0) is 23.8. The summed E-state index contributed by atoms with van der Waals surface area (Å²) in [6, 6.07) is 12.7. The number of aliphatic hydroxyl groups excluding tert-OH is 2. The van der Waals surface area contributed by atoms with Crippen LogP contribution < -0.4 is 9.47 Å². The molecule has 0 aromatic heterocycles. The third kappa shape index (κ3) is 5.42. The van der Waals surface area contributed by atoms with Crippen LogP contribution in [0.25, 0.3) is 5.76 Å². The minimum absolute atomic E-state index is 0.00733. The van der Waals surface area contributed by atoms with Crippen LogP contribution in [-0.2, 0) is 14.3 Å². The first kappa shape index (κ1) is 24.0. The molecular weight excluding hydrogens is 426 g/mol. The summed E-state index contributed by atoms with van der Waals surface area (Å²) in [5.41, 5.74) is 1.02. The van der Waals surface area contributed by atoms with Crippen molar-refractivity contribution in [3.05, 3.63) is 77.9 Å². The zero-order valence-electron chi connectivity index (χ0n) is 18.4. The lowest BCUT2D eigenvalue weighted by Crippen LogP contribution is -2.33. The maximum atomic E-state index is 13.0. The number of rotatable bonds is 11. The average Bonchev–Trinajstić information content (AvgIpc) is 3.10. The van der Waals surface area contributed by atoms with Gasteiger partial charge in [0.25, 0.3) is 11.7 Å². The molecule has 1 heterocycles. The fourth-order valence-corrected chi connectivity index (χ4v) is 3.59. The van der Waals surface area contributed by atoms with Crippen molar-refractivity contribution in [1.29, 1.82) is 0 Å². The molecule has 1 fully saturated rings. The van der Waals surface area contributed by atoms with E-state index in [0.29, 0.717) is 29.2 Å². The highest BCUT2D eigenvalue weighted by atomic mass is 16.5. The van der Waals surface area contributed by atoms with Crippen molar-refractivity contribution in [2.75, 3.05) is 40.1 Å². The number of carbonyl (C=O) groups is 2.